The van der Waals surface area contributed by atoms with E-state index in [0.717, 1.165) is 15.3 Å². The van der Waals surface area contributed by atoms with E-state index in [1.54, 1.807) is 31.6 Å². The maximum atomic E-state index is 12.0. The molecule has 0 saturated heterocycles. The van der Waals surface area contributed by atoms with E-state index in [1.807, 2.05) is 37.3 Å². The van der Waals surface area contributed by atoms with E-state index in [0.29, 0.717) is 5.75 Å². The maximum absolute atomic E-state index is 12.0. The number of carbonyl (C=O) groups is 2. The van der Waals surface area contributed by atoms with Gasteiger partial charge in [-0.1, -0.05) is 18.2 Å². The van der Waals surface area contributed by atoms with Crippen LogP contribution in [0.5, 0.6) is 5.75 Å². The average Bonchev–Trinajstić information content (AvgIpc) is 3.06. The van der Waals surface area contributed by atoms with Crippen LogP contribution in [0.15, 0.2) is 36.4 Å². The molecule has 7 heteroatoms. The number of amides is 2. The van der Waals surface area contributed by atoms with E-state index < -0.39 is 11.8 Å². The Morgan fingerprint density at radius 1 is 1.08 bits per heavy atom. The molecular formula is C18H22N2O4S. The largest absolute Gasteiger partial charge is 0.496 e. The zero-order chi connectivity index (χ0) is 18.2. The van der Waals surface area contributed by atoms with Crippen molar-refractivity contribution in [2.45, 2.75) is 19.6 Å². The van der Waals surface area contributed by atoms with Crippen LogP contribution in [0.1, 0.15) is 21.4 Å². The van der Waals surface area contributed by atoms with Gasteiger partial charge in [-0.25, -0.2) is 0 Å². The molecule has 6 nitrogen and oxygen atoms in total. The molecule has 0 aliphatic heterocycles. The molecule has 0 fully saturated rings. The zero-order valence-electron chi connectivity index (χ0n) is 14.5. The predicted octanol–water partition coefficient (Wildman–Crippen LogP) is 2.19. The normalized spacial score (nSPS) is 11.6. The molecule has 1 heterocycles. The Morgan fingerprint density at radius 3 is 2.44 bits per heavy atom. The third-order valence-corrected chi connectivity index (χ3v) is 4.74. The van der Waals surface area contributed by atoms with Crippen LogP contribution in [0.25, 0.3) is 0 Å². The summed E-state index contributed by atoms with van der Waals surface area (Å²) >= 11 is 1.60. The number of carbonyl (C=O) groups excluding carboxylic acids is 2. The standard InChI is InChI=1S/C18H22N2O4S/c1-12-8-9-16(25-12)15(24-3)11-20-18(22)17(21)19-10-13-6-4-5-7-14(13)23-2/h4-9,15H,10-11H2,1-3H3,(H,19,21)(H,20,22). The summed E-state index contributed by atoms with van der Waals surface area (Å²) in [4.78, 5) is 26.1. The fourth-order valence-corrected chi connectivity index (χ4v) is 3.25. The van der Waals surface area contributed by atoms with Crippen LogP contribution >= 0.6 is 11.3 Å². The van der Waals surface area contributed by atoms with Gasteiger partial charge >= 0.3 is 11.8 Å². The van der Waals surface area contributed by atoms with Crippen molar-refractivity contribution in [2.24, 2.45) is 0 Å². The Morgan fingerprint density at radius 2 is 1.80 bits per heavy atom. The number of hydrogen-bond donors (Lipinski definition) is 2. The maximum Gasteiger partial charge on any atom is 0.309 e. The molecule has 0 saturated carbocycles. The van der Waals surface area contributed by atoms with Gasteiger partial charge in [0.15, 0.2) is 0 Å². The van der Waals surface area contributed by atoms with Crippen molar-refractivity contribution < 1.29 is 19.1 Å². The number of rotatable bonds is 7. The number of thiophene rings is 1. The molecule has 1 unspecified atom stereocenters. The van der Waals surface area contributed by atoms with E-state index in [1.165, 1.54) is 0 Å². The first-order valence-electron chi connectivity index (χ1n) is 7.82. The van der Waals surface area contributed by atoms with Crippen LogP contribution in [0, 0.1) is 6.92 Å². The third kappa shape index (κ3) is 5.30. The molecule has 0 spiro atoms. The van der Waals surface area contributed by atoms with E-state index in [4.69, 9.17) is 9.47 Å². The molecule has 1 aromatic carbocycles. The molecule has 134 valence electrons. The highest BCUT2D eigenvalue weighted by atomic mass is 32.1. The number of para-hydroxylation sites is 1. The minimum Gasteiger partial charge on any atom is -0.496 e. The second kappa shape index (κ2) is 9.19. The fraction of sp³-hybridized carbons (Fsp3) is 0.333. The number of hydrogen-bond acceptors (Lipinski definition) is 5. The molecule has 0 bridgehead atoms. The second-order valence-corrected chi connectivity index (χ2v) is 6.70. The van der Waals surface area contributed by atoms with Gasteiger partial charge in [0.2, 0.25) is 0 Å². The Labute approximate surface area is 151 Å². The van der Waals surface area contributed by atoms with Crippen molar-refractivity contribution in [3.63, 3.8) is 0 Å². The topological polar surface area (TPSA) is 76.7 Å². The molecule has 2 rings (SSSR count). The minimum absolute atomic E-state index is 0.216. The summed E-state index contributed by atoms with van der Waals surface area (Å²) in [5.74, 6) is -0.718. The lowest BCUT2D eigenvalue weighted by Gasteiger charge is -2.14. The first-order valence-corrected chi connectivity index (χ1v) is 8.63. The summed E-state index contributed by atoms with van der Waals surface area (Å²) in [6.07, 6.45) is -0.273. The van der Waals surface area contributed by atoms with Gasteiger partial charge in [0, 0.05) is 35.5 Å². The molecule has 2 amide bonds. The second-order valence-electron chi connectivity index (χ2n) is 5.38. The lowest BCUT2D eigenvalue weighted by molar-refractivity contribution is -0.139. The Hall–Kier alpha value is -2.38. The minimum atomic E-state index is -0.692. The molecule has 0 radical (unpaired) electrons. The van der Waals surface area contributed by atoms with Crippen LogP contribution in [-0.4, -0.2) is 32.6 Å². The van der Waals surface area contributed by atoms with Crippen molar-refractivity contribution >= 4 is 23.2 Å². The Balaban J connectivity index is 1.84. The average molecular weight is 362 g/mol. The van der Waals surface area contributed by atoms with Gasteiger partial charge in [-0.2, -0.15) is 0 Å². The number of nitrogens with one attached hydrogen (secondary N) is 2. The lowest BCUT2D eigenvalue weighted by atomic mass is 10.2. The van der Waals surface area contributed by atoms with E-state index in [9.17, 15) is 9.59 Å². The molecule has 0 aliphatic rings. The molecule has 2 aromatic rings. The molecule has 0 aliphatic carbocycles. The van der Waals surface area contributed by atoms with Gasteiger partial charge in [0.1, 0.15) is 11.9 Å². The molecular weight excluding hydrogens is 340 g/mol. The van der Waals surface area contributed by atoms with Gasteiger partial charge in [0.25, 0.3) is 0 Å². The fourth-order valence-electron chi connectivity index (χ4n) is 2.30. The number of benzene rings is 1. The van der Waals surface area contributed by atoms with Crippen LogP contribution in [0.3, 0.4) is 0 Å². The lowest BCUT2D eigenvalue weighted by Crippen LogP contribution is -2.41. The smallest absolute Gasteiger partial charge is 0.309 e. The summed E-state index contributed by atoms with van der Waals surface area (Å²) in [5.41, 5.74) is 0.801. The highest BCUT2D eigenvalue weighted by Gasteiger charge is 2.18. The SMILES string of the molecule is COc1ccccc1CNC(=O)C(=O)NCC(OC)c1ccc(C)s1. The third-order valence-electron chi connectivity index (χ3n) is 3.65. The van der Waals surface area contributed by atoms with Crippen LogP contribution in [0.2, 0.25) is 0 Å². The highest BCUT2D eigenvalue weighted by Crippen LogP contribution is 2.24. The van der Waals surface area contributed by atoms with Gasteiger partial charge in [-0.3, -0.25) is 9.59 Å². The number of ether oxygens (including phenoxy) is 2. The summed E-state index contributed by atoms with van der Waals surface area (Å²) in [6, 6.07) is 11.3. The van der Waals surface area contributed by atoms with E-state index >= 15 is 0 Å². The summed E-state index contributed by atoms with van der Waals surface area (Å²) in [7, 11) is 3.14. The quantitative estimate of drug-likeness (QED) is 0.740. The molecule has 25 heavy (non-hydrogen) atoms. The van der Waals surface area contributed by atoms with Gasteiger partial charge in [-0.05, 0) is 25.1 Å². The first kappa shape index (κ1) is 19.0. The molecule has 2 N–H and O–H groups in total. The van der Waals surface area contributed by atoms with Crippen molar-refractivity contribution in [1.82, 2.24) is 10.6 Å². The molecule has 1 aromatic heterocycles. The van der Waals surface area contributed by atoms with Crippen LogP contribution in [0.4, 0.5) is 0 Å². The molecule has 1 atom stereocenters. The van der Waals surface area contributed by atoms with Gasteiger partial charge in [-0.15, -0.1) is 11.3 Å². The number of aryl methyl sites for hydroxylation is 1. The summed E-state index contributed by atoms with van der Waals surface area (Å²) in [5, 5.41) is 5.20. The predicted molar refractivity (Wildman–Crippen MR) is 96.7 cm³/mol. The first-order chi connectivity index (χ1) is 12.0. The number of methoxy groups -OCH3 is 2. The van der Waals surface area contributed by atoms with Crippen LogP contribution in [-0.2, 0) is 20.9 Å². The summed E-state index contributed by atoms with van der Waals surface area (Å²) < 4.78 is 10.6. The monoisotopic (exact) mass is 362 g/mol. The van der Waals surface area contributed by atoms with Crippen molar-refractivity contribution in [1.29, 1.82) is 0 Å². The van der Waals surface area contributed by atoms with Gasteiger partial charge < -0.3 is 20.1 Å². The van der Waals surface area contributed by atoms with E-state index in [2.05, 4.69) is 10.6 Å². The highest BCUT2D eigenvalue weighted by molar-refractivity contribution is 7.12. The van der Waals surface area contributed by atoms with Crippen LogP contribution < -0.4 is 15.4 Å². The van der Waals surface area contributed by atoms with Crippen molar-refractivity contribution in [2.75, 3.05) is 20.8 Å². The Kier molecular flexibility index (Phi) is 6.97. The zero-order valence-corrected chi connectivity index (χ0v) is 15.3. The summed E-state index contributed by atoms with van der Waals surface area (Å²) in [6.45, 7) is 2.45. The Bertz CT molecular complexity index is 729. The van der Waals surface area contributed by atoms with Gasteiger partial charge in [0.05, 0.1) is 7.11 Å². The van der Waals surface area contributed by atoms with Crippen molar-refractivity contribution in [3.8, 4) is 5.75 Å². The van der Waals surface area contributed by atoms with E-state index in [-0.39, 0.29) is 19.2 Å². The van der Waals surface area contributed by atoms with Crippen molar-refractivity contribution in [3.05, 3.63) is 51.7 Å².